The van der Waals surface area contributed by atoms with Crippen molar-refractivity contribution in [2.45, 2.75) is 19.9 Å². The molecule has 3 saturated heterocycles. The summed E-state index contributed by atoms with van der Waals surface area (Å²) in [5.41, 5.74) is 1.36. The molecule has 6 nitrogen and oxygen atoms in total. The van der Waals surface area contributed by atoms with Crippen molar-refractivity contribution in [2.24, 2.45) is 0 Å². The molecule has 0 radical (unpaired) electrons. The molecule has 3 aliphatic heterocycles. The minimum atomic E-state index is -0.948. The van der Waals surface area contributed by atoms with E-state index >= 15 is 0 Å². The van der Waals surface area contributed by atoms with Gasteiger partial charge in [-0.1, -0.05) is 0 Å². The third-order valence-corrected chi connectivity index (χ3v) is 4.08. The standard InChI is InChI=1S/C13H18N4O2/c1-8-11(13(18)19)9(2)15-12(14-8)10-7-16-3-5-17(10)6-4-16/h10H,3-7H2,1-2H3,(H,18,19). The maximum absolute atomic E-state index is 11.2. The van der Waals surface area contributed by atoms with Gasteiger partial charge in [-0.15, -0.1) is 0 Å². The number of aromatic nitrogens is 2. The summed E-state index contributed by atoms with van der Waals surface area (Å²) in [5.74, 6) is -0.180. The number of fused-ring (bicyclic) bond motifs is 3. The Balaban J connectivity index is 1.96. The van der Waals surface area contributed by atoms with Crippen LogP contribution >= 0.6 is 0 Å². The number of carboxylic acids is 1. The van der Waals surface area contributed by atoms with E-state index in [0.717, 1.165) is 38.5 Å². The molecule has 3 aliphatic rings. The van der Waals surface area contributed by atoms with Crippen molar-refractivity contribution >= 4 is 5.97 Å². The van der Waals surface area contributed by atoms with E-state index in [-0.39, 0.29) is 11.6 Å². The smallest absolute Gasteiger partial charge is 0.339 e. The summed E-state index contributed by atoms with van der Waals surface area (Å²) in [7, 11) is 0. The highest BCUT2D eigenvalue weighted by molar-refractivity contribution is 5.89. The monoisotopic (exact) mass is 262 g/mol. The number of aryl methyl sites for hydroxylation is 2. The van der Waals surface area contributed by atoms with Crippen LogP contribution in [-0.2, 0) is 0 Å². The molecule has 4 rings (SSSR count). The Kier molecular flexibility index (Phi) is 2.99. The Bertz CT molecular complexity index is 500. The predicted molar refractivity (Wildman–Crippen MR) is 69.2 cm³/mol. The Morgan fingerprint density at radius 3 is 2.16 bits per heavy atom. The van der Waals surface area contributed by atoms with Crippen LogP contribution < -0.4 is 0 Å². The van der Waals surface area contributed by atoms with Crippen molar-refractivity contribution in [3.8, 4) is 0 Å². The minimum absolute atomic E-state index is 0.211. The molecule has 1 N–H and O–H groups in total. The normalized spacial score (nSPS) is 29.5. The highest BCUT2D eigenvalue weighted by Crippen LogP contribution is 2.27. The fourth-order valence-electron chi connectivity index (χ4n) is 3.06. The number of carbonyl (C=O) groups is 1. The summed E-state index contributed by atoms with van der Waals surface area (Å²) < 4.78 is 0. The molecule has 0 amide bonds. The molecule has 19 heavy (non-hydrogen) atoms. The van der Waals surface area contributed by atoms with E-state index in [2.05, 4.69) is 19.8 Å². The molecule has 3 fully saturated rings. The third-order valence-electron chi connectivity index (χ3n) is 4.08. The van der Waals surface area contributed by atoms with E-state index in [1.54, 1.807) is 13.8 Å². The Labute approximate surface area is 112 Å². The third kappa shape index (κ3) is 2.11. The first-order valence-corrected chi connectivity index (χ1v) is 6.61. The molecule has 0 saturated carbocycles. The van der Waals surface area contributed by atoms with Gasteiger partial charge in [0.2, 0.25) is 0 Å². The minimum Gasteiger partial charge on any atom is -0.478 e. The van der Waals surface area contributed by atoms with Crippen molar-refractivity contribution in [3.63, 3.8) is 0 Å². The summed E-state index contributed by atoms with van der Waals surface area (Å²) in [6, 6.07) is 0.211. The van der Waals surface area contributed by atoms with E-state index in [0.29, 0.717) is 11.4 Å². The van der Waals surface area contributed by atoms with Gasteiger partial charge < -0.3 is 5.11 Å². The summed E-state index contributed by atoms with van der Waals surface area (Å²) in [4.78, 5) is 24.9. The van der Waals surface area contributed by atoms with Gasteiger partial charge in [0.1, 0.15) is 11.4 Å². The lowest BCUT2D eigenvalue weighted by molar-refractivity contribution is 0.00848. The SMILES string of the molecule is Cc1nc(C2CN3CCN2CC3)nc(C)c1C(=O)O. The van der Waals surface area contributed by atoms with Crippen molar-refractivity contribution in [3.05, 3.63) is 22.8 Å². The zero-order valence-corrected chi connectivity index (χ0v) is 11.3. The van der Waals surface area contributed by atoms with Crippen molar-refractivity contribution < 1.29 is 9.90 Å². The molecule has 6 heteroatoms. The van der Waals surface area contributed by atoms with Crippen molar-refractivity contribution in [2.75, 3.05) is 32.7 Å². The molecule has 1 aromatic heterocycles. The molecule has 1 atom stereocenters. The number of rotatable bonds is 2. The van der Waals surface area contributed by atoms with Gasteiger partial charge in [0.05, 0.1) is 17.4 Å². The molecule has 102 valence electrons. The van der Waals surface area contributed by atoms with Gasteiger partial charge in [-0.25, -0.2) is 14.8 Å². The van der Waals surface area contributed by atoms with Crippen LogP contribution in [0.3, 0.4) is 0 Å². The fraction of sp³-hybridized carbons (Fsp3) is 0.615. The van der Waals surface area contributed by atoms with E-state index in [9.17, 15) is 4.79 Å². The van der Waals surface area contributed by atoms with Gasteiger partial charge in [-0.05, 0) is 13.8 Å². The van der Waals surface area contributed by atoms with Gasteiger partial charge in [-0.2, -0.15) is 0 Å². The molecule has 0 aliphatic carbocycles. The van der Waals surface area contributed by atoms with Gasteiger partial charge in [0.25, 0.3) is 0 Å². The molecule has 0 aromatic carbocycles. The maximum atomic E-state index is 11.2. The van der Waals surface area contributed by atoms with Crippen LogP contribution in [0.25, 0.3) is 0 Å². The number of nitrogens with zero attached hydrogens (tertiary/aromatic N) is 4. The quantitative estimate of drug-likeness (QED) is 0.835. The van der Waals surface area contributed by atoms with Crippen molar-refractivity contribution in [1.82, 2.24) is 19.8 Å². The largest absolute Gasteiger partial charge is 0.478 e. The zero-order valence-electron chi connectivity index (χ0n) is 11.3. The molecular weight excluding hydrogens is 244 g/mol. The lowest BCUT2D eigenvalue weighted by Crippen LogP contribution is -2.57. The number of piperazine rings is 3. The Morgan fingerprint density at radius 2 is 1.74 bits per heavy atom. The molecule has 1 unspecified atom stereocenters. The molecule has 4 heterocycles. The predicted octanol–water partition coefficient (Wildman–Crippen LogP) is 0.464. The van der Waals surface area contributed by atoms with Gasteiger partial charge in [0, 0.05) is 32.7 Å². The molecule has 1 aromatic rings. The number of carboxylic acid groups (broad SMARTS) is 1. The maximum Gasteiger partial charge on any atom is 0.339 e. The highest BCUT2D eigenvalue weighted by atomic mass is 16.4. The number of hydrogen-bond acceptors (Lipinski definition) is 5. The average molecular weight is 262 g/mol. The summed E-state index contributed by atoms with van der Waals surface area (Å²) in [6.45, 7) is 8.77. The average Bonchev–Trinajstić information content (AvgIpc) is 2.38. The van der Waals surface area contributed by atoms with E-state index in [4.69, 9.17) is 5.11 Å². The first-order chi connectivity index (χ1) is 9.06. The Morgan fingerprint density at radius 1 is 1.16 bits per heavy atom. The lowest BCUT2D eigenvalue weighted by Gasteiger charge is -2.46. The van der Waals surface area contributed by atoms with E-state index < -0.39 is 5.97 Å². The number of aromatic carboxylic acids is 1. The first kappa shape index (κ1) is 12.5. The molecular formula is C13H18N4O2. The van der Waals surface area contributed by atoms with Crippen LogP contribution in [0.4, 0.5) is 0 Å². The summed E-state index contributed by atoms with van der Waals surface area (Å²) >= 11 is 0. The van der Waals surface area contributed by atoms with Crippen LogP contribution in [0, 0.1) is 13.8 Å². The van der Waals surface area contributed by atoms with Gasteiger partial charge >= 0.3 is 5.97 Å². The van der Waals surface area contributed by atoms with Crippen LogP contribution in [-0.4, -0.2) is 63.6 Å². The van der Waals surface area contributed by atoms with E-state index in [1.165, 1.54) is 0 Å². The van der Waals surface area contributed by atoms with E-state index in [1.807, 2.05) is 0 Å². The molecule has 0 spiro atoms. The topological polar surface area (TPSA) is 69.6 Å². The highest BCUT2D eigenvalue weighted by Gasteiger charge is 2.35. The van der Waals surface area contributed by atoms with Crippen LogP contribution in [0.15, 0.2) is 0 Å². The zero-order chi connectivity index (χ0) is 13.6. The summed E-state index contributed by atoms with van der Waals surface area (Å²) in [6.07, 6.45) is 0. The van der Waals surface area contributed by atoms with Gasteiger partial charge in [-0.3, -0.25) is 9.80 Å². The molecule has 2 bridgehead atoms. The second kappa shape index (κ2) is 4.54. The summed E-state index contributed by atoms with van der Waals surface area (Å²) in [5, 5.41) is 9.15. The first-order valence-electron chi connectivity index (χ1n) is 6.61. The second-order valence-electron chi connectivity index (χ2n) is 5.29. The number of hydrogen-bond donors (Lipinski definition) is 1. The van der Waals surface area contributed by atoms with Crippen molar-refractivity contribution in [1.29, 1.82) is 0 Å². The fourth-order valence-corrected chi connectivity index (χ4v) is 3.06. The lowest BCUT2D eigenvalue weighted by atomic mass is 10.1. The van der Waals surface area contributed by atoms with Crippen LogP contribution in [0.5, 0.6) is 0 Å². The van der Waals surface area contributed by atoms with Gasteiger partial charge in [0.15, 0.2) is 0 Å². The second-order valence-corrected chi connectivity index (χ2v) is 5.29. The van der Waals surface area contributed by atoms with Crippen LogP contribution in [0.2, 0.25) is 0 Å². The Hall–Kier alpha value is -1.53. The van der Waals surface area contributed by atoms with Crippen LogP contribution in [0.1, 0.15) is 33.6 Å².